The second-order valence-electron chi connectivity index (χ2n) is 4.32. The molecule has 2 aromatic carbocycles. The number of H-pyrrole nitrogens is 1. The van der Waals surface area contributed by atoms with E-state index < -0.39 is 10.9 Å². The number of hydrogen-bond donors (Lipinski definition) is 4. The van der Waals surface area contributed by atoms with E-state index in [0.717, 1.165) is 22.2 Å². The SMILES string of the molecule is OS(O)(O)c1ccc2[nH]c(-c3ccccc3)cc2c1. The van der Waals surface area contributed by atoms with E-state index in [4.69, 9.17) is 0 Å². The van der Waals surface area contributed by atoms with Crippen LogP contribution in [0.2, 0.25) is 0 Å². The summed E-state index contributed by atoms with van der Waals surface area (Å²) in [5, 5.41) is 0.824. The molecule has 4 N–H and O–H groups in total. The van der Waals surface area contributed by atoms with Gasteiger partial charge in [-0.1, -0.05) is 30.3 Å². The van der Waals surface area contributed by atoms with Crippen LogP contribution < -0.4 is 0 Å². The van der Waals surface area contributed by atoms with Gasteiger partial charge in [0.2, 0.25) is 0 Å². The Labute approximate surface area is 111 Å². The summed E-state index contributed by atoms with van der Waals surface area (Å²) in [6.07, 6.45) is 0. The fourth-order valence-electron chi connectivity index (χ4n) is 2.05. The fraction of sp³-hybridized carbons (Fsp3) is 0. The molecule has 0 unspecified atom stereocenters. The molecule has 19 heavy (non-hydrogen) atoms. The van der Waals surface area contributed by atoms with Gasteiger partial charge in [0.1, 0.15) is 10.9 Å². The Morgan fingerprint density at radius 2 is 1.58 bits per heavy atom. The van der Waals surface area contributed by atoms with Crippen LogP contribution in [0.1, 0.15) is 0 Å². The van der Waals surface area contributed by atoms with Crippen LogP contribution in [0.15, 0.2) is 59.5 Å². The van der Waals surface area contributed by atoms with E-state index in [9.17, 15) is 13.7 Å². The Morgan fingerprint density at radius 3 is 2.26 bits per heavy atom. The lowest BCUT2D eigenvalue weighted by atomic mass is 10.1. The second kappa shape index (κ2) is 4.40. The minimum atomic E-state index is -3.66. The zero-order chi connectivity index (χ0) is 13.5. The van der Waals surface area contributed by atoms with Gasteiger partial charge in [-0.05, 0) is 29.8 Å². The molecule has 0 aliphatic carbocycles. The molecule has 0 bridgehead atoms. The summed E-state index contributed by atoms with van der Waals surface area (Å²) in [6.45, 7) is 0. The zero-order valence-corrected chi connectivity index (χ0v) is 10.8. The predicted molar refractivity (Wildman–Crippen MR) is 77.5 cm³/mol. The summed E-state index contributed by atoms with van der Waals surface area (Å²) >= 11 is 0. The maximum Gasteiger partial charge on any atom is 0.112 e. The minimum absolute atomic E-state index is 0.124. The first-order valence-corrected chi connectivity index (χ1v) is 7.23. The summed E-state index contributed by atoms with van der Waals surface area (Å²) in [5.74, 6) is 0. The van der Waals surface area contributed by atoms with E-state index in [1.807, 2.05) is 36.4 Å². The molecule has 0 saturated carbocycles. The molecule has 0 aliphatic heterocycles. The van der Waals surface area contributed by atoms with E-state index in [2.05, 4.69) is 4.98 Å². The smallest absolute Gasteiger partial charge is 0.112 e. The molecule has 1 heterocycles. The average Bonchev–Trinajstić information content (AvgIpc) is 2.81. The van der Waals surface area contributed by atoms with Gasteiger partial charge >= 0.3 is 0 Å². The van der Waals surface area contributed by atoms with E-state index in [1.165, 1.54) is 6.07 Å². The molecule has 0 aliphatic rings. The van der Waals surface area contributed by atoms with Crippen molar-refractivity contribution >= 4 is 21.8 Å². The standard InChI is InChI=1S/C14H13NO3S/c16-19(17,18)12-6-7-13-11(8-12)9-14(15-13)10-4-2-1-3-5-10/h1-9,15-18H. The van der Waals surface area contributed by atoms with E-state index in [-0.39, 0.29) is 4.90 Å². The van der Waals surface area contributed by atoms with Crippen molar-refractivity contribution in [1.82, 2.24) is 4.98 Å². The van der Waals surface area contributed by atoms with Gasteiger partial charge < -0.3 is 18.6 Å². The Bertz CT molecular complexity index is 716. The van der Waals surface area contributed by atoms with Crippen LogP contribution in [0.25, 0.3) is 22.2 Å². The predicted octanol–water partition coefficient (Wildman–Crippen LogP) is 4.42. The van der Waals surface area contributed by atoms with Gasteiger partial charge in [-0.25, -0.2) is 0 Å². The number of fused-ring (bicyclic) bond motifs is 1. The van der Waals surface area contributed by atoms with Crippen LogP contribution in [0, 0.1) is 0 Å². The van der Waals surface area contributed by atoms with Gasteiger partial charge in [0.15, 0.2) is 0 Å². The van der Waals surface area contributed by atoms with Gasteiger partial charge in [-0.15, -0.1) is 0 Å². The topological polar surface area (TPSA) is 76.5 Å². The highest BCUT2D eigenvalue weighted by Crippen LogP contribution is 2.44. The molecule has 98 valence electrons. The molecule has 0 amide bonds. The monoisotopic (exact) mass is 275 g/mol. The summed E-state index contributed by atoms with van der Waals surface area (Å²) in [7, 11) is -3.66. The summed E-state index contributed by atoms with van der Waals surface area (Å²) in [6, 6.07) is 16.6. The molecule has 3 aromatic rings. The van der Waals surface area contributed by atoms with Gasteiger partial charge in [0, 0.05) is 16.6 Å². The fourth-order valence-corrected chi connectivity index (χ4v) is 2.59. The number of hydrogen-bond acceptors (Lipinski definition) is 3. The van der Waals surface area contributed by atoms with Crippen molar-refractivity contribution in [3.63, 3.8) is 0 Å². The third-order valence-electron chi connectivity index (χ3n) is 2.99. The van der Waals surface area contributed by atoms with Crippen LogP contribution in [0.5, 0.6) is 0 Å². The maximum atomic E-state index is 9.26. The lowest BCUT2D eigenvalue weighted by molar-refractivity contribution is 0.376. The van der Waals surface area contributed by atoms with Crippen molar-refractivity contribution in [3.05, 3.63) is 54.6 Å². The first-order chi connectivity index (χ1) is 9.04. The third-order valence-corrected chi connectivity index (χ3v) is 3.88. The Morgan fingerprint density at radius 1 is 0.842 bits per heavy atom. The quantitative estimate of drug-likeness (QED) is 0.559. The molecular formula is C14H13NO3S. The van der Waals surface area contributed by atoms with Crippen molar-refractivity contribution in [2.75, 3.05) is 0 Å². The molecular weight excluding hydrogens is 262 g/mol. The van der Waals surface area contributed by atoms with Crippen molar-refractivity contribution in [3.8, 4) is 11.3 Å². The van der Waals surface area contributed by atoms with Crippen LogP contribution in [0.4, 0.5) is 0 Å². The maximum absolute atomic E-state index is 9.26. The number of rotatable bonds is 2. The van der Waals surface area contributed by atoms with Crippen molar-refractivity contribution in [1.29, 1.82) is 0 Å². The molecule has 0 fully saturated rings. The van der Waals surface area contributed by atoms with Crippen LogP contribution in [0.3, 0.4) is 0 Å². The molecule has 4 nitrogen and oxygen atoms in total. The molecule has 5 heteroatoms. The normalized spacial score (nSPS) is 12.8. The first-order valence-electron chi connectivity index (χ1n) is 5.73. The van der Waals surface area contributed by atoms with Gasteiger partial charge in [0.25, 0.3) is 0 Å². The van der Waals surface area contributed by atoms with Gasteiger partial charge in [0.05, 0.1) is 4.90 Å². The first kappa shape index (κ1) is 12.3. The number of nitrogens with one attached hydrogen (secondary N) is 1. The largest absolute Gasteiger partial charge is 0.355 e. The lowest BCUT2D eigenvalue weighted by Crippen LogP contribution is -1.94. The summed E-state index contributed by atoms with van der Waals surface area (Å²) in [4.78, 5) is 3.38. The van der Waals surface area contributed by atoms with E-state index in [0.29, 0.717) is 0 Å². The highest BCUT2D eigenvalue weighted by Gasteiger charge is 2.16. The Kier molecular flexibility index (Phi) is 2.83. The van der Waals surface area contributed by atoms with Crippen molar-refractivity contribution in [2.45, 2.75) is 4.90 Å². The Hall–Kier alpha value is -1.79. The van der Waals surface area contributed by atoms with Gasteiger partial charge in [-0.2, -0.15) is 0 Å². The van der Waals surface area contributed by atoms with E-state index in [1.54, 1.807) is 12.1 Å². The third kappa shape index (κ3) is 2.36. The number of aromatic amines is 1. The van der Waals surface area contributed by atoms with Crippen LogP contribution in [-0.2, 0) is 0 Å². The minimum Gasteiger partial charge on any atom is -0.355 e. The average molecular weight is 275 g/mol. The highest BCUT2D eigenvalue weighted by atomic mass is 32.3. The van der Waals surface area contributed by atoms with Crippen molar-refractivity contribution in [2.24, 2.45) is 0 Å². The molecule has 0 atom stereocenters. The molecule has 0 radical (unpaired) electrons. The molecule has 0 spiro atoms. The van der Waals surface area contributed by atoms with Crippen LogP contribution >= 0.6 is 10.9 Å². The van der Waals surface area contributed by atoms with Gasteiger partial charge in [-0.3, -0.25) is 0 Å². The summed E-state index contributed by atoms with van der Waals surface area (Å²) in [5.41, 5.74) is 2.88. The summed E-state index contributed by atoms with van der Waals surface area (Å²) < 4.78 is 27.8. The molecule has 1 aromatic heterocycles. The highest BCUT2D eigenvalue weighted by molar-refractivity contribution is 8.19. The zero-order valence-electron chi connectivity index (χ0n) is 9.95. The number of aromatic nitrogens is 1. The molecule has 0 saturated heterocycles. The van der Waals surface area contributed by atoms with Crippen LogP contribution in [-0.4, -0.2) is 18.6 Å². The van der Waals surface area contributed by atoms with E-state index >= 15 is 0 Å². The molecule has 3 rings (SSSR count). The second-order valence-corrected chi connectivity index (χ2v) is 5.83. The number of benzene rings is 2. The Balaban J connectivity index is 2.12. The lowest BCUT2D eigenvalue weighted by Gasteiger charge is -2.18. The van der Waals surface area contributed by atoms with Crippen molar-refractivity contribution < 1.29 is 13.7 Å².